The number of amides is 2. The average Bonchev–Trinajstić information content (AvgIpc) is 3.55. The van der Waals surface area contributed by atoms with Crippen LogP contribution in [-0.4, -0.2) is 105 Å². The van der Waals surface area contributed by atoms with Gasteiger partial charge in [-0.3, -0.25) is 9.59 Å². The fraction of sp³-hybridized carbons (Fsp3) is 0.848. The molecule has 0 bridgehead atoms. The third kappa shape index (κ3) is 6.82. The van der Waals surface area contributed by atoms with Crippen molar-refractivity contribution >= 4 is 17.8 Å². The molecule has 0 aromatic heterocycles. The number of carbonyl (C=O) groups excluding carboxylic acids is 3. The summed E-state index contributed by atoms with van der Waals surface area (Å²) in [7, 11) is 0. The first-order chi connectivity index (χ1) is 21.5. The number of aliphatic hydroxyl groups excluding tert-OH is 1. The van der Waals surface area contributed by atoms with Crippen molar-refractivity contribution in [2.24, 2.45) is 40.2 Å². The summed E-state index contributed by atoms with van der Waals surface area (Å²) in [6.45, 7) is 6.77. The van der Waals surface area contributed by atoms with E-state index in [1.807, 2.05) is 6.92 Å². The van der Waals surface area contributed by atoms with Crippen LogP contribution in [0.25, 0.3) is 0 Å². The van der Waals surface area contributed by atoms with E-state index < -0.39 is 17.1 Å². The van der Waals surface area contributed by atoms with E-state index in [1.54, 1.807) is 6.08 Å². The van der Waals surface area contributed by atoms with Crippen LogP contribution in [-0.2, 0) is 33.3 Å². The molecule has 5 rings (SSSR count). The zero-order valence-electron chi connectivity index (χ0n) is 26.9. The van der Waals surface area contributed by atoms with Crippen molar-refractivity contribution in [3.8, 4) is 0 Å². The van der Waals surface area contributed by atoms with Gasteiger partial charge in [0, 0.05) is 30.6 Å². The van der Waals surface area contributed by atoms with Gasteiger partial charge in [0.2, 0.25) is 11.8 Å². The van der Waals surface area contributed by atoms with Gasteiger partial charge in [0.05, 0.1) is 38.1 Å². The number of nitrogens with two attached hydrogens (primary N) is 1. The lowest BCUT2D eigenvalue weighted by atomic mass is 9.42. The quantitative estimate of drug-likeness (QED) is 0.136. The predicted octanol–water partition coefficient (Wildman–Crippen LogP) is 0.824. The highest BCUT2D eigenvalue weighted by atomic mass is 16.5. The molecule has 6 N–H and O–H groups in total. The van der Waals surface area contributed by atoms with Crippen LogP contribution in [0.3, 0.4) is 0 Å². The molecule has 0 aromatic carbocycles. The summed E-state index contributed by atoms with van der Waals surface area (Å²) in [5.41, 5.74) is 4.50. The van der Waals surface area contributed by atoms with E-state index in [-0.39, 0.29) is 66.8 Å². The van der Waals surface area contributed by atoms with Gasteiger partial charge >= 0.3 is 5.97 Å². The van der Waals surface area contributed by atoms with E-state index in [0.717, 1.165) is 44.1 Å². The molecule has 4 saturated carbocycles. The van der Waals surface area contributed by atoms with E-state index in [4.69, 9.17) is 24.7 Å². The van der Waals surface area contributed by atoms with Crippen LogP contribution >= 0.6 is 0 Å². The second-order valence-corrected chi connectivity index (χ2v) is 14.3. The Hall–Kier alpha value is -2.09. The van der Waals surface area contributed by atoms with Crippen LogP contribution in [0.5, 0.6) is 0 Å². The average molecular weight is 636 g/mol. The van der Waals surface area contributed by atoms with Crippen LogP contribution < -0.4 is 16.4 Å². The summed E-state index contributed by atoms with van der Waals surface area (Å²) in [6.07, 6.45) is 7.32. The standard InChI is InChI=1S/C33H53N3O9/c1-31-7-5-23(36-29(39)20-44-19-28(38)35-10-12-43-14-13-42-11-9-34)16-22(31)3-4-25-26(31)17-27(37)32(2)24(6-8-33(25,32)41)21-15-30(40)45-18-21/h15,22-27,37,41H,3-14,16-20,34H2,1-2H3,(H,35,38)(H,36,39). The lowest BCUT2D eigenvalue weighted by Gasteiger charge is -2.65. The first kappa shape index (κ1) is 34.3. The summed E-state index contributed by atoms with van der Waals surface area (Å²) < 4.78 is 21.1. The van der Waals surface area contributed by atoms with Crippen molar-refractivity contribution in [1.29, 1.82) is 0 Å². The number of esters is 1. The molecule has 4 aliphatic carbocycles. The van der Waals surface area contributed by atoms with E-state index in [1.165, 1.54) is 0 Å². The molecule has 12 nitrogen and oxygen atoms in total. The van der Waals surface area contributed by atoms with Crippen molar-refractivity contribution in [2.45, 2.75) is 83.0 Å². The van der Waals surface area contributed by atoms with Crippen molar-refractivity contribution in [3.63, 3.8) is 0 Å². The van der Waals surface area contributed by atoms with Gasteiger partial charge in [0.25, 0.3) is 0 Å². The zero-order valence-corrected chi connectivity index (χ0v) is 26.9. The fourth-order valence-electron chi connectivity index (χ4n) is 9.75. The Bertz CT molecular complexity index is 1120. The van der Waals surface area contributed by atoms with E-state index in [2.05, 4.69) is 17.6 Å². The maximum atomic E-state index is 12.7. The molecule has 0 aromatic rings. The normalized spacial score (nSPS) is 38.9. The Labute approximate surface area is 266 Å². The highest BCUT2D eigenvalue weighted by Gasteiger charge is 2.70. The third-order valence-electron chi connectivity index (χ3n) is 12.1. The number of nitrogens with one attached hydrogen (secondary N) is 2. The van der Waals surface area contributed by atoms with Crippen molar-refractivity contribution in [3.05, 3.63) is 11.6 Å². The van der Waals surface area contributed by atoms with Crippen LogP contribution in [0, 0.1) is 34.5 Å². The van der Waals surface area contributed by atoms with Crippen LogP contribution in [0.15, 0.2) is 11.6 Å². The summed E-state index contributed by atoms with van der Waals surface area (Å²) >= 11 is 0. The number of ether oxygens (including phenoxy) is 4. The summed E-state index contributed by atoms with van der Waals surface area (Å²) in [5, 5.41) is 29.9. The lowest BCUT2D eigenvalue weighted by molar-refractivity contribution is -0.243. The second kappa shape index (κ2) is 14.4. The molecule has 9 atom stereocenters. The van der Waals surface area contributed by atoms with Crippen molar-refractivity contribution in [2.75, 3.05) is 59.3 Å². The summed E-state index contributed by atoms with van der Waals surface area (Å²) in [5.74, 6) is -0.293. The Balaban J connectivity index is 1.07. The smallest absolute Gasteiger partial charge is 0.331 e. The molecule has 5 aliphatic rings. The molecule has 1 heterocycles. The predicted molar refractivity (Wildman–Crippen MR) is 164 cm³/mol. The maximum Gasteiger partial charge on any atom is 0.331 e. The highest BCUT2D eigenvalue weighted by Crippen LogP contribution is 2.69. The number of cyclic esters (lactones) is 1. The molecule has 254 valence electrons. The molecule has 9 unspecified atom stereocenters. The monoisotopic (exact) mass is 635 g/mol. The molecule has 2 amide bonds. The third-order valence-corrected chi connectivity index (χ3v) is 12.1. The van der Waals surface area contributed by atoms with E-state index in [0.29, 0.717) is 58.3 Å². The van der Waals surface area contributed by atoms with Crippen molar-refractivity contribution in [1.82, 2.24) is 10.6 Å². The lowest BCUT2D eigenvalue weighted by Crippen LogP contribution is -2.67. The van der Waals surface area contributed by atoms with Crippen LogP contribution in [0.2, 0.25) is 0 Å². The molecule has 12 heteroatoms. The SMILES string of the molecule is CC12CCC(NC(=O)COCC(=O)NCCOCCOCCN)CC1CCC1C2CC(O)C2(C)C(C3=CC(=O)OC3)CCC12O. The zero-order chi connectivity index (χ0) is 32.2. The van der Waals surface area contributed by atoms with Gasteiger partial charge in [-0.2, -0.15) is 0 Å². The van der Waals surface area contributed by atoms with Crippen molar-refractivity contribution < 1.29 is 43.5 Å². The Morgan fingerprint density at radius 3 is 2.47 bits per heavy atom. The van der Waals surface area contributed by atoms with Gasteiger partial charge in [0.15, 0.2) is 0 Å². The molecule has 0 spiro atoms. The molecular formula is C33H53N3O9. The van der Waals surface area contributed by atoms with Crippen LogP contribution in [0.1, 0.15) is 65.2 Å². The first-order valence-electron chi connectivity index (χ1n) is 16.8. The minimum Gasteiger partial charge on any atom is -0.458 e. The molecule has 0 saturated heterocycles. The molecule has 1 aliphatic heterocycles. The van der Waals surface area contributed by atoms with Gasteiger partial charge < -0.3 is 45.5 Å². The minimum atomic E-state index is -0.998. The van der Waals surface area contributed by atoms with E-state index in [9.17, 15) is 24.6 Å². The van der Waals surface area contributed by atoms with Gasteiger partial charge in [-0.25, -0.2) is 4.79 Å². The molecule has 0 radical (unpaired) electrons. The number of hydrogen-bond donors (Lipinski definition) is 5. The Morgan fingerprint density at radius 1 is 0.978 bits per heavy atom. The number of rotatable bonds is 14. The molecule has 45 heavy (non-hydrogen) atoms. The van der Waals surface area contributed by atoms with Gasteiger partial charge in [0.1, 0.15) is 19.8 Å². The number of carbonyl (C=O) groups is 3. The maximum absolute atomic E-state index is 12.7. The number of hydrogen-bond acceptors (Lipinski definition) is 10. The number of fused-ring (bicyclic) bond motifs is 5. The summed E-state index contributed by atoms with van der Waals surface area (Å²) in [6, 6.07) is 0.0279. The van der Waals surface area contributed by atoms with Gasteiger partial charge in [-0.15, -0.1) is 0 Å². The Morgan fingerprint density at radius 2 is 1.73 bits per heavy atom. The minimum absolute atomic E-state index is 0.0279. The summed E-state index contributed by atoms with van der Waals surface area (Å²) in [4.78, 5) is 36.5. The molecular weight excluding hydrogens is 582 g/mol. The second-order valence-electron chi connectivity index (χ2n) is 14.3. The van der Waals surface area contributed by atoms with E-state index >= 15 is 0 Å². The first-order valence-corrected chi connectivity index (χ1v) is 16.8. The number of aliphatic hydroxyl groups is 2. The topological polar surface area (TPSA) is 179 Å². The van der Waals surface area contributed by atoms with Gasteiger partial charge in [-0.1, -0.05) is 13.8 Å². The fourth-order valence-corrected chi connectivity index (χ4v) is 9.75. The molecule has 4 fully saturated rings. The largest absolute Gasteiger partial charge is 0.458 e. The van der Waals surface area contributed by atoms with Crippen LogP contribution in [0.4, 0.5) is 0 Å². The van der Waals surface area contributed by atoms with Gasteiger partial charge in [-0.05, 0) is 86.0 Å². The highest BCUT2D eigenvalue weighted by molar-refractivity contribution is 5.85. The Kier molecular flexibility index (Phi) is 10.9.